The molecule has 0 radical (unpaired) electrons. The second-order valence-electron chi connectivity index (χ2n) is 3.65. The topological polar surface area (TPSA) is 43.3 Å². The Balaban J connectivity index is 0.00000128. The molecule has 2 rings (SSSR count). The lowest BCUT2D eigenvalue weighted by Crippen LogP contribution is -1.95. The molecule has 0 saturated carbocycles. The highest BCUT2D eigenvalue weighted by Gasteiger charge is 2.08. The van der Waals surface area contributed by atoms with Gasteiger partial charge in [0, 0.05) is 17.0 Å². The van der Waals surface area contributed by atoms with Gasteiger partial charge in [-0.05, 0) is 29.0 Å². The van der Waals surface area contributed by atoms with E-state index in [1.165, 1.54) is 17.0 Å². The van der Waals surface area contributed by atoms with Gasteiger partial charge < -0.3 is 10.2 Å². The summed E-state index contributed by atoms with van der Waals surface area (Å²) in [5.74, 6) is -0.492. The zero-order chi connectivity index (χ0) is 11.0. The van der Waals surface area contributed by atoms with E-state index >= 15 is 0 Å². The Bertz CT molecular complexity index is 512. The van der Waals surface area contributed by atoms with Crippen LogP contribution in [0, 0.1) is 0 Å². The van der Waals surface area contributed by atoms with E-state index in [0.29, 0.717) is 0 Å². The van der Waals surface area contributed by atoms with E-state index in [-0.39, 0.29) is 39.4 Å². The Morgan fingerprint density at radius 2 is 1.75 bits per heavy atom. The van der Waals surface area contributed by atoms with Crippen LogP contribution >= 0.6 is 17.0 Å². The summed E-state index contributed by atoms with van der Waals surface area (Å²) in [6.45, 7) is 0. The summed E-state index contributed by atoms with van der Waals surface area (Å²) in [4.78, 5) is 1.24. The van der Waals surface area contributed by atoms with Gasteiger partial charge in [-0.3, -0.25) is 0 Å². The normalized spacial score (nSPS) is 10.4. The van der Waals surface area contributed by atoms with Crippen molar-refractivity contribution in [3.63, 3.8) is 0 Å². The molecule has 0 fully saturated rings. The average molecular weight is 301 g/mol. The van der Waals surface area contributed by atoms with E-state index in [0.717, 1.165) is 10.8 Å². The van der Waals surface area contributed by atoms with Gasteiger partial charge in [0.1, 0.15) is 18.3 Å². The Hall–Kier alpha value is -0.870. The van der Waals surface area contributed by atoms with Crippen LogP contribution in [0.2, 0.25) is 0 Å². The fraction of sp³-hybridized carbons (Fsp3) is 0.167. The lowest BCUT2D eigenvalue weighted by Gasteiger charge is -2.10. The van der Waals surface area contributed by atoms with Gasteiger partial charge in [-0.25, -0.2) is 0 Å². The second kappa shape index (κ2) is 4.97. The van der Waals surface area contributed by atoms with E-state index in [1.807, 2.05) is 18.2 Å². The largest absolute Gasteiger partial charge is 0.870 e. The Labute approximate surface area is 108 Å². The van der Waals surface area contributed by atoms with Crippen molar-refractivity contribution in [3.05, 3.63) is 30.3 Å². The summed E-state index contributed by atoms with van der Waals surface area (Å²) >= 11 is 0. The lowest BCUT2D eigenvalue weighted by atomic mass is 10.1. The molecule has 1 N–H and O–H groups in total. The number of hydrogen-bond acceptors (Lipinski definition) is 2. The molecule has 86 valence electrons. The molecule has 0 saturated heterocycles. The molecule has 2 nitrogen and oxygen atoms in total. The van der Waals surface area contributed by atoms with Crippen molar-refractivity contribution in [3.8, 4) is 11.5 Å². The van der Waals surface area contributed by atoms with E-state index in [1.54, 1.807) is 0 Å². The molecule has 0 spiro atoms. The van der Waals surface area contributed by atoms with Crippen molar-refractivity contribution in [1.29, 1.82) is 0 Å². The summed E-state index contributed by atoms with van der Waals surface area (Å²) < 4.78 is 0. The van der Waals surface area contributed by atoms with Crippen molar-refractivity contribution >= 4 is 38.6 Å². The number of benzene rings is 2. The van der Waals surface area contributed by atoms with Gasteiger partial charge in [-0.1, -0.05) is 11.8 Å². The molecule has 0 aromatic heterocycles. The second-order valence-corrected chi connectivity index (χ2v) is 5.75. The summed E-state index contributed by atoms with van der Waals surface area (Å²) in [5.41, 5.74) is 0. The molecule has 0 unspecified atom stereocenters. The molecule has 16 heavy (non-hydrogen) atoms. The highest BCUT2D eigenvalue weighted by Crippen LogP contribution is 2.29. The first-order valence-electron chi connectivity index (χ1n) is 4.59. The van der Waals surface area contributed by atoms with Gasteiger partial charge in [0.15, 0.2) is 4.90 Å². The predicted octanol–water partition coefficient (Wildman–Crippen LogP) is 2.43. The van der Waals surface area contributed by atoms with Crippen molar-refractivity contribution in [1.82, 2.24) is 0 Å². The first kappa shape index (κ1) is 13.2. The van der Waals surface area contributed by atoms with Gasteiger partial charge in [-0.15, -0.1) is 17.0 Å². The number of phenols is 1. The Morgan fingerprint density at radius 1 is 1.06 bits per heavy atom. The smallest absolute Gasteiger partial charge is 0.154 e. The van der Waals surface area contributed by atoms with Crippen LogP contribution in [0.3, 0.4) is 0 Å². The van der Waals surface area contributed by atoms with Gasteiger partial charge in [0.05, 0.1) is 0 Å². The molecule has 0 aliphatic carbocycles. The number of hydrogen-bond donors (Lipinski definition) is 1. The Kier molecular flexibility index (Phi) is 4.10. The molecule has 2 aromatic carbocycles. The van der Waals surface area contributed by atoms with Crippen LogP contribution < -0.4 is 5.11 Å². The minimum absolute atomic E-state index is 0. The zero-order valence-electron chi connectivity index (χ0n) is 9.06. The van der Waals surface area contributed by atoms with Crippen LogP contribution in [0.1, 0.15) is 0 Å². The van der Waals surface area contributed by atoms with Crippen molar-refractivity contribution in [2.24, 2.45) is 0 Å². The summed E-state index contributed by atoms with van der Waals surface area (Å²) in [5, 5.41) is 22.3. The van der Waals surface area contributed by atoms with Gasteiger partial charge >= 0.3 is 0 Å². The first-order chi connectivity index (χ1) is 7.08. The highest BCUT2D eigenvalue weighted by molar-refractivity contribution is 8.93. The van der Waals surface area contributed by atoms with E-state index in [9.17, 15) is 10.2 Å². The predicted molar refractivity (Wildman–Crippen MR) is 72.9 cm³/mol. The molecule has 0 amide bonds. The van der Waals surface area contributed by atoms with Crippen LogP contribution in [0.5, 0.6) is 11.5 Å². The minimum Gasteiger partial charge on any atom is -0.870 e. The van der Waals surface area contributed by atoms with Crippen molar-refractivity contribution in [2.75, 3.05) is 12.5 Å². The van der Waals surface area contributed by atoms with Crippen molar-refractivity contribution in [2.45, 2.75) is 4.90 Å². The third-order valence-corrected chi connectivity index (χ3v) is 3.56. The molecule has 0 aliphatic rings. The molecule has 0 atom stereocenters. The number of rotatable bonds is 1. The van der Waals surface area contributed by atoms with E-state index in [2.05, 4.69) is 12.5 Å². The maximum absolute atomic E-state index is 11.2. The SMILES string of the molecule is Br.C[S+](C)c1ccc2cc([O-])c(O)cc2c1. The molecular weight excluding hydrogens is 288 g/mol. The third kappa shape index (κ3) is 2.44. The average Bonchev–Trinajstić information content (AvgIpc) is 2.19. The van der Waals surface area contributed by atoms with Crippen LogP contribution in [0.4, 0.5) is 0 Å². The van der Waals surface area contributed by atoms with Crippen molar-refractivity contribution < 1.29 is 10.2 Å². The molecule has 0 heterocycles. The van der Waals surface area contributed by atoms with Gasteiger partial charge in [0.2, 0.25) is 0 Å². The summed E-state index contributed by atoms with van der Waals surface area (Å²) in [6.07, 6.45) is 4.28. The monoisotopic (exact) mass is 300 g/mol. The standard InChI is InChI=1S/C12H12O2S.BrH/c1-15(2)10-4-3-8-6-11(13)12(14)7-9(8)5-10;/h3-7H,1-2H3,(H-,13,14);1H. The maximum atomic E-state index is 11.2. The molecule has 2 aromatic rings. The zero-order valence-corrected chi connectivity index (χ0v) is 11.6. The van der Waals surface area contributed by atoms with E-state index < -0.39 is 0 Å². The van der Waals surface area contributed by atoms with Crippen LogP contribution in [-0.2, 0) is 10.9 Å². The number of aromatic hydroxyl groups is 1. The fourth-order valence-corrected chi connectivity index (χ4v) is 2.20. The fourth-order valence-electron chi connectivity index (χ4n) is 1.50. The highest BCUT2D eigenvalue weighted by atomic mass is 79.9. The summed E-state index contributed by atoms with van der Waals surface area (Å²) in [7, 11) is 0.193. The number of phenolic OH excluding ortho intramolecular Hbond substituents is 1. The van der Waals surface area contributed by atoms with Crippen LogP contribution in [-0.4, -0.2) is 17.6 Å². The number of fused-ring (bicyclic) bond motifs is 1. The minimum atomic E-state index is -0.317. The lowest BCUT2D eigenvalue weighted by molar-refractivity contribution is -0.270. The molecule has 4 heteroatoms. The van der Waals surface area contributed by atoms with Gasteiger partial charge in [-0.2, -0.15) is 0 Å². The Morgan fingerprint density at radius 3 is 2.38 bits per heavy atom. The first-order valence-corrected chi connectivity index (χ1v) is 6.63. The third-order valence-electron chi connectivity index (χ3n) is 2.36. The summed E-state index contributed by atoms with van der Waals surface area (Å²) in [6, 6.07) is 8.99. The molecule has 0 aliphatic heterocycles. The van der Waals surface area contributed by atoms with Gasteiger partial charge in [0.25, 0.3) is 0 Å². The van der Waals surface area contributed by atoms with Crippen LogP contribution in [0.15, 0.2) is 35.2 Å². The molecule has 0 bridgehead atoms. The van der Waals surface area contributed by atoms with Crippen LogP contribution in [0.25, 0.3) is 10.8 Å². The quantitative estimate of drug-likeness (QED) is 0.822. The van der Waals surface area contributed by atoms with E-state index in [4.69, 9.17) is 0 Å². The molecular formula is C12H13BrO2S. The number of halogens is 1. The maximum Gasteiger partial charge on any atom is 0.154 e.